The van der Waals surface area contributed by atoms with Gasteiger partial charge in [0.2, 0.25) is 0 Å². The molecule has 13 heavy (non-hydrogen) atoms. The molecule has 72 valence electrons. The molecule has 0 N–H and O–H groups in total. The Morgan fingerprint density at radius 1 is 1.23 bits per heavy atom. The number of halogens is 1. The molecule has 0 heterocycles. The predicted molar refractivity (Wildman–Crippen MR) is 59.6 cm³/mol. The maximum atomic E-state index is 11.4. The first kappa shape index (κ1) is 12.3. The first-order chi connectivity index (χ1) is 5.70. The molecular weight excluding hydrogens is 230 g/mol. The van der Waals surface area contributed by atoms with Crippen molar-refractivity contribution in [2.45, 2.75) is 0 Å². The van der Waals surface area contributed by atoms with Crippen molar-refractivity contribution in [3.63, 3.8) is 0 Å². The number of hydrogen-bond donors (Lipinski definition) is 0. The van der Waals surface area contributed by atoms with Crippen LogP contribution < -0.4 is 0 Å². The topological polar surface area (TPSA) is 20.3 Å². The first-order valence-electron chi connectivity index (χ1n) is 3.93. The average Bonchev–Trinajstić information content (AvgIpc) is 2.05. The zero-order valence-electron chi connectivity index (χ0n) is 7.86. The van der Waals surface area contributed by atoms with Gasteiger partial charge in [-0.3, -0.25) is 4.79 Å². The van der Waals surface area contributed by atoms with Crippen LogP contribution in [0, 0.1) is 0 Å². The Labute approximate surface area is 89.3 Å². The van der Waals surface area contributed by atoms with Gasteiger partial charge in [0.15, 0.2) is 5.78 Å². The number of rotatable bonds is 3. The SMILES string of the molecule is Br.CN(C)CC(=O)c1ccccc1. The van der Waals surface area contributed by atoms with E-state index in [4.69, 9.17) is 0 Å². The van der Waals surface area contributed by atoms with E-state index in [0.717, 1.165) is 5.56 Å². The van der Waals surface area contributed by atoms with Crippen molar-refractivity contribution >= 4 is 22.8 Å². The molecule has 0 bridgehead atoms. The van der Waals surface area contributed by atoms with Crippen molar-refractivity contribution in [1.82, 2.24) is 4.90 Å². The third-order valence-corrected chi connectivity index (χ3v) is 1.56. The summed E-state index contributed by atoms with van der Waals surface area (Å²) in [4.78, 5) is 13.3. The molecule has 0 saturated heterocycles. The molecule has 0 amide bonds. The Hall–Kier alpha value is -0.670. The number of benzene rings is 1. The van der Waals surface area contributed by atoms with Gasteiger partial charge in [-0.05, 0) is 14.1 Å². The Balaban J connectivity index is 0.00000144. The smallest absolute Gasteiger partial charge is 0.176 e. The Morgan fingerprint density at radius 3 is 2.23 bits per heavy atom. The van der Waals surface area contributed by atoms with Crippen LogP contribution in [-0.2, 0) is 0 Å². The van der Waals surface area contributed by atoms with Crippen LogP contribution in [0.3, 0.4) is 0 Å². The molecule has 3 heteroatoms. The van der Waals surface area contributed by atoms with Crippen molar-refractivity contribution < 1.29 is 4.79 Å². The summed E-state index contributed by atoms with van der Waals surface area (Å²) in [5.74, 6) is 0.167. The summed E-state index contributed by atoms with van der Waals surface area (Å²) in [5, 5.41) is 0. The molecular formula is C10H14BrNO. The van der Waals surface area contributed by atoms with Crippen LogP contribution >= 0.6 is 17.0 Å². The lowest BCUT2D eigenvalue weighted by Gasteiger charge is -2.07. The second-order valence-corrected chi connectivity index (χ2v) is 3.03. The molecule has 1 aromatic carbocycles. The minimum absolute atomic E-state index is 0. The zero-order chi connectivity index (χ0) is 8.97. The summed E-state index contributed by atoms with van der Waals surface area (Å²) < 4.78 is 0. The molecule has 2 nitrogen and oxygen atoms in total. The van der Waals surface area contributed by atoms with Gasteiger partial charge < -0.3 is 4.90 Å². The minimum Gasteiger partial charge on any atom is -0.302 e. The van der Waals surface area contributed by atoms with E-state index in [1.54, 1.807) is 0 Å². The molecule has 0 aliphatic carbocycles. The van der Waals surface area contributed by atoms with Crippen LogP contribution in [0.25, 0.3) is 0 Å². The highest BCUT2D eigenvalue weighted by molar-refractivity contribution is 8.93. The fourth-order valence-electron chi connectivity index (χ4n) is 1.00. The molecule has 0 aliphatic rings. The van der Waals surface area contributed by atoms with E-state index in [1.807, 2.05) is 49.3 Å². The number of carbonyl (C=O) groups is 1. The number of nitrogens with zero attached hydrogens (tertiary/aromatic N) is 1. The van der Waals surface area contributed by atoms with E-state index in [-0.39, 0.29) is 22.8 Å². The van der Waals surface area contributed by atoms with Crippen LogP contribution in [0.4, 0.5) is 0 Å². The molecule has 0 unspecified atom stereocenters. The Bertz CT molecular complexity index is 259. The van der Waals surface area contributed by atoms with E-state index < -0.39 is 0 Å². The van der Waals surface area contributed by atoms with Gasteiger partial charge in [0.25, 0.3) is 0 Å². The maximum absolute atomic E-state index is 11.4. The molecule has 0 aromatic heterocycles. The first-order valence-corrected chi connectivity index (χ1v) is 3.93. The van der Waals surface area contributed by atoms with Gasteiger partial charge >= 0.3 is 0 Å². The molecule has 0 radical (unpaired) electrons. The summed E-state index contributed by atoms with van der Waals surface area (Å²) in [6.07, 6.45) is 0. The molecule has 0 saturated carbocycles. The van der Waals surface area contributed by atoms with Gasteiger partial charge in [-0.15, -0.1) is 17.0 Å². The highest BCUT2D eigenvalue weighted by Gasteiger charge is 2.04. The number of likely N-dealkylation sites (N-methyl/N-ethyl adjacent to an activating group) is 1. The lowest BCUT2D eigenvalue weighted by Crippen LogP contribution is -2.21. The van der Waals surface area contributed by atoms with Gasteiger partial charge in [0, 0.05) is 5.56 Å². The fraction of sp³-hybridized carbons (Fsp3) is 0.300. The van der Waals surface area contributed by atoms with Crippen molar-refractivity contribution in [2.24, 2.45) is 0 Å². The largest absolute Gasteiger partial charge is 0.302 e. The second kappa shape index (κ2) is 5.89. The molecule has 0 spiro atoms. The fourth-order valence-corrected chi connectivity index (χ4v) is 1.00. The Kier molecular flexibility index (Phi) is 5.58. The zero-order valence-corrected chi connectivity index (χ0v) is 9.57. The summed E-state index contributed by atoms with van der Waals surface area (Å²) in [6.45, 7) is 0.476. The average molecular weight is 244 g/mol. The van der Waals surface area contributed by atoms with Crippen LogP contribution in [-0.4, -0.2) is 31.3 Å². The van der Waals surface area contributed by atoms with E-state index in [9.17, 15) is 4.79 Å². The van der Waals surface area contributed by atoms with Gasteiger partial charge in [-0.25, -0.2) is 0 Å². The quantitative estimate of drug-likeness (QED) is 0.758. The van der Waals surface area contributed by atoms with E-state index in [0.29, 0.717) is 6.54 Å². The summed E-state index contributed by atoms with van der Waals surface area (Å²) in [7, 11) is 3.78. The second-order valence-electron chi connectivity index (χ2n) is 3.03. The lowest BCUT2D eigenvalue weighted by molar-refractivity contribution is 0.0958. The third-order valence-electron chi connectivity index (χ3n) is 1.56. The van der Waals surface area contributed by atoms with E-state index >= 15 is 0 Å². The molecule has 0 fully saturated rings. The number of Topliss-reactive ketones (excluding diaryl/α,β-unsaturated/α-hetero) is 1. The predicted octanol–water partition coefficient (Wildman–Crippen LogP) is 2.01. The van der Waals surface area contributed by atoms with E-state index in [1.165, 1.54) is 0 Å². The lowest BCUT2D eigenvalue weighted by atomic mass is 10.1. The number of carbonyl (C=O) groups excluding carboxylic acids is 1. The normalized spacial score (nSPS) is 9.46. The minimum atomic E-state index is 0. The molecule has 0 atom stereocenters. The summed E-state index contributed by atoms with van der Waals surface area (Å²) in [6, 6.07) is 9.34. The van der Waals surface area contributed by atoms with Crippen LogP contribution in [0.1, 0.15) is 10.4 Å². The Morgan fingerprint density at radius 2 is 1.77 bits per heavy atom. The number of ketones is 1. The summed E-state index contributed by atoms with van der Waals surface area (Å²) >= 11 is 0. The van der Waals surface area contributed by atoms with Crippen LogP contribution in [0.5, 0.6) is 0 Å². The van der Waals surface area contributed by atoms with Gasteiger partial charge in [0.1, 0.15) is 0 Å². The molecule has 1 aromatic rings. The maximum Gasteiger partial charge on any atom is 0.176 e. The molecule has 1 rings (SSSR count). The monoisotopic (exact) mass is 243 g/mol. The third kappa shape index (κ3) is 4.20. The molecule has 0 aliphatic heterocycles. The van der Waals surface area contributed by atoms with Crippen molar-refractivity contribution in [3.8, 4) is 0 Å². The standard InChI is InChI=1S/C10H13NO.BrH/c1-11(2)8-10(12)9-6-4-3-5-7-9;/h3-7H,8H2,1-2H3;1H. The highest BCUT2D eigenvalue weighted by atomic mass is 79.9. The number of hydrogen-bond acceptors (Lipinski definition) is 2. The highest BCUT2D eigenvalue weighted by Crippen LogP contribution is 1.99. The van der Waals surface area contributed by atoms with Gasteiger partial charge in [-0.1, -0.05) is 30.3 Å². The van der Waals surface area contributed by atoms with Gasteiger partial charge in [0.05, 0.1) is 6.54 Å². The van der Waals surface area contributed by atoms with E-state index in [2.05, 4.69) is 0 Å². The van der Waals surface area contributed by atoms with Crippen LogP contribution in [0.2, 0.25) is 0 Å². The van der Waals surface area contributed by atoms with Crippen molar-refractivity contribution in [2.75, 3.05) is 20.6 Å². The van der Waals surface area contributed by atoms with Crippen LogP contribution in [0.15, 0.2) is 30.3 Å². The van der Waals surface area contributed by atoms with Gasteiger partial charge in [-0.2, -0.15) is 0 Å². The van der Waals surface area contributed by atoms with Crippen molar-refractivity contribution in [1.29, 1.82) is 0 Å². The summed E-state index contributed by atoms with van der Waals surface area (Å²) in [5.41, 5.74) is 0.784. The van der Waals surface area contributed by atoms with Crippen molar-refractivity contribution in [3.05, 3.63) is 35.9 Å².